The first-order valence-corrected chi connectivity index (χ1v) is 13.8. The van der Waals surface area contributed by atoms with Gasteiger partial charge in [0.2, 0.25) is 5.91 Å². The second-order valence-corrected chi connectivity index (χ2v) is 10.4. The van der Waals surface area contributed by atoms with Gasteiger partial charge in [-0.05, 0) is 49.7 Å². The molecule has 196 valence electrons. The Morgan fingerprint density at radius 3 is 2.70 bits per heavy atom. The van der Waals surface area contributed by atoms with Crippen molar-refractivity contribution in [2.45, 2.75) is 55.9 Å². The highest BCUT2D eigenvalue weighted by Gasteiger charge is 2.40. The van der Waals surface area contributed by atoms with Gasteiger partial charge in [0.1, 0.15) is 11.9 Å². The number of unbranched alkanes of at least 4 members (excludes halogenated alkanes) is 1. The average molecular weight is 542 g/mol. The van der Waals surface area contributed by atoms with Crippen molar-refractivity contribution >= 4 is 52.0 Å². The molecule has 9 nitrogen and oxygen atoms in total. The third kappa shape index (κ3) is 8.43. The number of amides is 2. The molecule has 2 atom stereocenters. The summed E-state index contributed by atoms with van der Waals surface area (Å²) in [5.74, 6) is -0.998. The lowest BCUT2D eigenvalue weighted by Crippen LogP contribution is -2.43. The molecular weight excluding hydrogens is 510 g/mol. The standard InChI is InChI=1S/C26H31N5O4S2/c1-3-4-15-31-18(2)23(25(34)29-14-12-22(32)35-16-20-7-5-6-13-28-20)37-26(31)30-24(33)19-8-10-21(11-9-19)36-17-27/h5-11,13,17-18,23,27H,3-4,12,14-16H2,1-2H3,(H,29,34). The van der Waals surface area contributed by atoms with Crippen LogP contribution in [0.15, 0.2) is 58.5 Å². The topological polar surface area (TPSA) is 125 Å². The van der Waals surface area contributed by atoms with Gasteiger partial charge in [0.15, 0.2) is 5.17 Å². The molecule has 3 rings (SSSR count). The van der Waals surface area contributed by atoms with Gasteiger partial charge in [-0.3, -0.25) is 19.4 Å². The van der Waals surface area contributed by atoms with E-state index in [2.05, 4.69) is 22.2 Å². The van der Waals surface area contributed by atoms with Crippen LogP contribution in [0.1, 0.15) is 49.2 Å². The Labute approximate surface area is 225 Å². The Bertz CT molecular complexity index is 1110. The summed E-state index contributed by atoms with van der Waals surface area (Å²) in [6, 6.07) is 12.2. The second-order valence-electron chi connectivity index (χ2n) is 8.31. The number of pyridine rings is 1. The van der Waals surface area contributed by atoms with E-state index in [4.69, 9.17) is 10.1 Å². The van der Waals surface area contributed by atoms with E-state index >= 15 is 0 Å². The zero-order valence-electron chi connectivity index (χ0n) is 20.9. The van der Waals surface area contributed by atoms with Crippen LogP contribution >= 0.6 is 23.5 Å². The monoisotopic (exact) mass is 541 g/mol. The van der Waals surface area contributed by atoms with Crippen LogP contribution in [-0.4, -0.2) is 62.8 Å². The minimum absolute atomic E-state index is 0.0512. The molecule has 0 saturated carbocycles. The number of nitrogens with one attached hydrogen (secondary N) is 2. The molecule has 0 aliphatic carbocycles. The van der Waals surface area contributed by atoms with Gasteiger partial charge in [-0.2, -0.15) is 4.99 Å². The molecule has 2 heterocycles. The predicted molar refractivity (Wildman–Crippen MR) is 147 cm³/mol. The lowest BCUT2D eigenvalue weighted by molar-refractivity contribution is -0.145. The van der Waals surface area contributed by atoms with E-state index in [1.807, 2.05) is 17.9 Å². The van der Waals surface area contributed by atoms with Crippen LogP contribution in [0.4, 0.5) is 0 Å². The van der Waals surface area contributed by atoms with E-state index in [0.29, 0.717) is 23.0 Å². The third-order valence-electron chi connectivity index (χ3n) is 5.65. The van der Waals surface area contributed by atoms with Gasteiger partial charge in [0, 0.05) is 35.8 Å². The molecule has 2 unspecified atom stereocenters. The second kappa shape index (κ2) is 14.5. The van der Waals surface area contributed by atoms with Gasteiger partial charge in [0.25, 0.3) is 5.91 Å². The largest absolute Gasteiger partial charge is 0.459 e. The highest BCUT2D eigenvalue weighted by Crippen LogP contribution is 2.32. The summed E-state index contributed by atoms with van der Waals surface area (Å²) >= 11 is 2.53. The van der Waals surface area contributed by atoms with Crippen molar-refractivity contribution in [3.8, 4) is 0 Å². The first-order chi connectivity index (χ1) is 17.9. The SMILES string of the molecule is CCCCN1C(=NC(=O)c2ccc(SC=N)cc2)SC(C(=O)NCCC(=O)OCc2ccccn2)C1C. The fourth-order valence-corrected chi connectivity index (χ4v) is 5.32. The molecule has 1 aromatic carbocycles. The van der Waals surface area contributed by atoms with E-state index in [-0.39, 0.29) is 37.4 Å². The fraction of sp³-hybridized carbons (Fsp3) is 0.385. The molecule has 0 bridgehead atoms. The van der Waals surface area contributed by atoms with Gasteiger partial charge in [-0.15, -0.1) is 0 Å². The van der Waals surface area contributed by atoms with Gasteiger partial charge >= 0.3 is 5.97 Å². The van der Waals surface area contributed by atoms with Crippen LogP contribution in [0.25, 0.3) is 0 Å². The quantitative estimate of drug-likeness (QED) is 0.178. The Kier molecular flexibility index (Phi) is 11.2. The number of carbonyl (C=O) groups excluding carboxylic acids is 3. The fourth-order valence-electron chi connectivity index (χ4n) is 3.60. The summed E-state index contributed by atoms with van der Waals surface area (Å²) in [4.78, 5) is 49.2. The lowest BCUT2D eigenvalue weighted by Gasteiger charge is -2.24. The number of carbonyl (C=O) groups is 3. The van der Waals surface area contributed by atoms with Crippen molar-refractivity contribution in [1.82, 2.24) is 15.2 Å². The molecule has 1 aliphatic heterocycles. The lowest BCUT2D eigenvalue weighted by atomic mass is 10.1. The Balaban J connectivity index is 1.57. The van der Waals surface area contributed by atoms with Crippen molar-refractivity contribution < 1.29 is 19.1 Å². The summed E-state index contributed by atoms with van der Waals surface area (Å²) in [5.41, 5.74) is 2.34. The first-order valence-electron chi connectivity index (χ1n) is 12.1. The Morgan fingerprint density at radius 1 is 1.24 bits per heavy atom. The number of rotatable bonds is 12. The van der Waals surface area contributed by atoms with Crippen molar-refractivity contribution in [2.24, 2.45) is 4.99 Å². The molecule has 11 heteroatoms. The zero-order valence-corrected chi connectivity index (χ0v) is 22.5. The molecule has 1 fully saturated rings. The Morgan fingerprint density at radius 2 is 2.03 bits per heavy atom. The molecule has 1 aromatic heterocycles. The highest BCUT2D eigenvalue weighted by atomic mass is 32.2. The van der Waals surface area contributed by atoms with Crippen LogP contribution < -0.4 is 5.32 Å². The summed E-state index contributed by atoms with van der Waals surface area (Å²) in [7, 11) is 0. The molecule has 2 N–H and O–H groups in total. The number of benzene rings is 1. The van der Waals surface area contributed by atoms with Crippen LogP contribution in [0.2, 0.25) is 0 Å². The number of aliphatic imine (C=N–C) groups is 1. The van der Waals surface area contributed by atoms with Crippen LogP contribution in [0.3, 0.4) is 0 Å². The summed E-state index contributed by atoms with van der Waals surface area (Å²) in [5, 5.41) is 10.1. The molecular formula is C26H31N5O4S2. The van der Waals surface area contributed by atoms with Crippen molar-refractivity contribution in [3.05, 3.63) is 59.9 Å². The van der Waals surface area contributed by atoms with Gasteiger partial charge < -0.3 is 20.4 Å². The molecule has 2 amide bonds. The van der Waals surface area contributed by atoms with Crippen molar-refractivity contribution in [1.29, 1.82) is 5.41 Å². The molecule has 1 saturated heterocycles. The summed E-state index contributed by atoms with van der Waals surface area (Å²) < 4.78 is 5.21. The van der Waals surface area contributed by atoms with Crippen LogP contribution in [0.5, 0.6) is 0 Å². The van der Waals surface area contributed by atoms with Crippen molar-refractivity contribution in [3.63, 3.8) is 0 Å². The minimum atomic E-state index is -0.459. The van der Waals surface area contributed by atoms with E-state index in [1.54, 1.807) is 42.6 Å². The van der Waals surface area contributed by atoms with Gasteiger partial charge in [0.05, 0.1) is 17.7 Å². The minimum Gasteiger partial charge on any atom is -0.459 e. The average Bonchev–Trinajstić information content (AvgIpc) is 3.21. The third-order valence-corrected chi connectivity index (χ3v) is 7.71. The molecule has 0 spiro atoms. The number of ether oxygens (including phenoxy) is 1. The van der Waals surface area contributed by atoms with Crippen molar-refractivity contribution in [2.75, 3.05) is 13.1 Å². The maximum Gasteiger partial charge on any atom is 0.307 e. The maximum absolute atomic E-state index is 13.0. The number of thioether (sulfide) groups is 2. The number of nitrogens with zero attached hydrogens (tertiary/aromatic N) is 3. The van der Waals surface area contributed by atoms with Gasteiger partial charge in [-0.25, -0.2) is 0 Å². The number of aromatic nitrogens is 1. The van der Waals surface area contributed by atoms with E-state index in [0.717, 1.165) is 17.7 Å². The smallest absolute Gasteiger partial charge is 0.307 e. The van der Waals surface area contributed by atoms with Crippen LogP contribution in [0, 0.1) is 5.41 Å². The number of amidine groups is 1. The first kappa shape index (κ1) is 28.4. The Hall–Kier alpha value is -3.18. The molecule has 1 aliphatic rings. The van der Waals surface area contributed by atoms with E-state index in [9.17, 15) is 14.4 Å². The normalized spacial score (nSPS) is 18.0. The number of hydrogen-bond acceptors (Lipinski definition) is 8. The van der Waals surface area contributed by atoms with E-state index < -0.39 is 11.2 Å². The highest BCUT2D eigenvalue weighted by molar-refractivity contribution is 8.15. The molecule has 0 radical (unpaired) electrons. The maximum atomic E-state index is 13.0. The summed E-state index contributed by atoms with van der Waals surface area (Å²) in [6.45, 7) is 4.97. The number of hydrogen-bond donors (Lipinski definition) is 2. The van der Waals surface area contributed by atoms with Crippen LogP contribution in [-0.2, 0) is 20.9 Å². The zero-order chi connectivity index (χ0) is 26.6. The van der Waals surface area contributed by atoms with E-state index in [1.165, 1.54) is 29.1 Å². The van der Waals surface area contributed by atoms with Gasteiger partial charge in [-0.1, -0.05) is 42.9 Å². The molecule has 2 aromatic rings. The predicted octanol–water partition coefficient (Wildman–Crippen LogP) is 4.13. The summed E-state index contributed by atoms with van der Waals surface area (Å²) in [6.07, 6.45) is 3.56. The molecule has 37 heavy (non-hydrogen) atoms. The number of esters is 1.